The van der Waals surface area contributed by atoms with Gasteiger partial charge in [-0.3, -0.25) is 4.79 Å². The molecule has 1 aromatic rings. The van der Waals surface area contributed by atoms with E-state index >= 15 is 0 Å². The molecule has 0 unspecified atom stereocenters. The second-order valence-corrected chi connectivity index (χ2v) is 5.65. The quantitative estimate of drug-likeness (QED) is 0.854. The van der Waals surface area contributed by atoms with Gasteiger partial charge in [-0.1, -0.05) is 6.07 Å². The second-order valence-electron chi connectivity index (χ2n) is 5.65. The summed E-state index contributed by atoms with van der Waals surface area (Å²) in [6, 6.07) is 3.76. The van der Waals surface area contributed by atoms with Gasteiger partial charge in [-0.25, -0.2) is 8.78 Å². The van der Waals surface area contributed by atoms with Crippen LogP contribution in [0.25, 0.3) is 0 Å². The Kier molecular flexibility index (Phi) is 3.70. The highest BCUT2D eigenvalue weighted by Gasteiger charge is 2.32. The van der Waals surface area contributed by atoms with Crippen LogP contribution in [-0.4, -0.2) is 37.0 Å². The van der Waals surface area contributed by atoms with Crippen LogP contribution in [0.4, 0.5) is 8.78 Å². The largest absolute Gasteiger partial charge is 0.339 e. The van der Waals surface area contributed by atoms with E-state index in [1.54, 1.807) is 4.90 Å². The summed E-state index contributed by atoms with van der Waals surface area (Å²) in [6.45, 7) is 3.25. The zero-order chi connectivity index (χ0) is 14.1. The SMILES string of the molecule is O=C(c1cccc(F)c1F)N1CC[C@@H]2CNC[C@@H]2CC1. The molecule has 2 heterocycles. The van der Waals surface area contributed by atoms with E-state index in [9.17, 15) is 13.6 Å². The number of benzene rings is 1. The van der Waals surface area contributed by atoms with Crippen LogP contribution < -0.4 is 5.32 Å². The van der Waals surface area contributed by atoms with Crippen LogP contribution in [0, 0.1) is 23.5 Å². The van der Waals surface area contributed by atoms with E-state index in [0.29, 0.717) is 24.9 Å². The first kappa shape index (κ1) is 13.5. The summed E-state index contributed by atoms with van der Waals surface area (Å²) in [7, 11) is 0. The molecular formula is C15H18F2N2O. The van der Waals surface area contributed by atoms with E-state index in [1.807, 2.05) is 0 Å². The number of nitrogens with one attached hydrogen (secondary N) is 1. The van der Waals surface area contributed by atoms with E-state index in [2.05, 4.69) is 5.32 Å². The number of amides is 1. The lowest BCUT2D eigenvalue weighted by molar-refractivity contribution is 0.0752. The summed E-state index contributed by atoms with van der Waals surface area (Å²) >= 11 is 0. The monoisotopic (exact) mass is 280 g/mol. The first-order chi connectivity index (χ1) is 9.66. The van der Waals surface area contributed by atoms with Crippen molar-refractivity contribution in [3.05, 3.63) is 35.4 Å². The predicted molar refractivity (Wildman–Crippen MR) is 71.3 cm³/mol. The van der Waals surface area contributed by atoms with Crippen molar-refractivity contribution in [1.29, 1.82) is 0 Å². The second kappa shape index (κ2) is 5.48. The Morgan fingerprint density at radius 2 is 1.80 bits per heavy atom. The van der Waals surface area contributed by atoms with Crippen LogP contribution in [0.3, 0.4) is 0 Å². The Labute approximate surface area is 117 Å². The molecule has 20 heavy (non-hydrogen) atoms. The average molecular weight is 280 g/mol. The molecule has 3 nitrogen and oxygen atoms in total. The highest BCUT2D eigenvalue weighted by atomic mass is 19.2. The van der Waals surface area contributed by atoms with Gasteiger partial charge in [0.1, 0.15) is 0 Å². The Hall–Kier alpha value is -1.49. The third-order valence-electron chi connectivity index (χ3n) is 4.49. The fraction of sp³-hybridized carbons (Fsp3) is 0.533. The first-order valence-electron chi connectivity index (χ1n) is 7.11. The fourth-order valence-corrected chi connectivity index (χ4v) is 3.26. The molecule has 0 aromatic heterocycles. The van der Waals surface area contributed by atoms with Gasteiger partial charge < -0.3 is 10.2 Å². The maximum Gasteiger partial charge on any atom is 0.256 e. The summed E-state index contributed by atoms with van der Waals surface area (Å²) in [6.07, 6.45) is 1.86. The molecule has 3 rings (SSSR count). The average Bonchev–Trinajstić information content (AvgIpc) is 2.80. The summed E-state index contributed by atoms with van der Waals surface area (Å²) < 4.78 is 26.9. The summed E-state index contributed by atoms with van der Waals surface area (Å²) in [5, 5.41) is 3.37. The van der Waals surface area contributed by atoms with Crippen LogP contribution >= 0.6 is 0 Å². The van der Waals surface area contributed by atoms with Crippen molar-refractivity contribution in [3.63, 3.8) is 0 Å². The van der Waals surface area contributed by atoms with Gasteiger partial charge in [-0.15, -0.1) is 0 Å². The van der Waals surface area contributed by atoms with Crippen molar-refractivity contribution >= 4 is 5.91 Å². The minimum Gasteiger partial charge on any atom is -0.339 e. The van der Waals surface area contributed by atoms with E-state index in [1.165, 1.54) is 12.1 Å². The van der Waals surface area contributed by atoms with Gasteiger partial charge in [-0.05, 0) is 49.9 Å². The number of nitrogens with zero attached hydrogens (tertiary/aromatic N) is 1. The van der Waals surface area contributed by atoms with E-state index in [4.69, 9.17) is 0 Å². The number of hydrogen-bond acceptors (Lipinski definition) is 2. The summed E-state index contributed by atoms with van der Waals surface area (Å²) in [5.41, 5.74) is -0.157. The standard InChI is InChI=1S/C15H18F2N2O/c16-13-3-1-2-12(14(13)17)15(20)19-6-4-10-8-18-9-11(10)5-7-19/h1-3,10-11,18H,4-9H2/t10-,11+. The molecule has 2 aliphatic heterocycles. The number of rotatable bonds is 1. The molecule has 2 saturated heterocycles. The Bertz CT molecular complexity index is 507. The van der Waals surface area contributed by atoms with Crippen LogP contribution in [-0.2, 0) is 0 Å². The highest BCUT2D eigenvalue weighted by Crippen LogP contribution is 2.28. The van der Waals surface area contributed by atoms with Gasteiger partial charge >= 0.3 is 0 Å². The highest BCUT2D eigenvalue weighted by molar-refractivity contribution is 5.94. The summed E-state index contributed by atoms with van der Waals surface area (Å²) in [4.78, 5) is 14.0. The molecule has 2 atom stereocenters. The van der Waals surface area contributed by atoms with Crippen molar-refractivity contribution in [1.82, 2.24) is 10.2 Å². The number of fused-ring (bicyclic) bond motifs is 1. The Morgan fingerprint density at radius 3 is 2.45 bits per heavy atom. The normalized spacial score (nSPS) is 26.2. The molecule has 0 spiro atoms. The number of halogens is 2. The molecule has 1 N–H and O–H groups in total. The van der Waals surface area contributed by atoms with Gasteiger partial charge in [0.05, 0.1) is 5.56 Å². The van der Waals surface area contributed by atoms with Crippen molar-refractivity contribution in [2.75, 3.05) is 26.2 Å². The number of carbonyl (C=O) groups excluding carboxylic acids is 1. The zero-order valence-corrected chi connectivity index (χ0v) is 11.2. The Balaban J connectivity index is 1.75. The minimum absolute atomic E-state index is 0.157. The summed E-state index contributed by atoms with van der Waals surface area (Å²) in [5.74, 6) is -1.19. The van der Waals surface area contributed by atoms with Crippen molar-refractivity contribution in [2.24, 2.45) is 11.8 Å². The van der Waals surface area contributed by atoms with Crippen LogP contribution in [0.1, 0.15) is 23.2 Å². The van der Waals surface area contributed by atoms with Gasteiger partial charge in [0.25, 0.3) is 5.91 Å². The predicted octanol–water partition coefficient (Wildman–Crippen LogP) is 2.04. The van der Waals surface area contributed by atoms with Gasteiger partial charge in [0, 0.05) is 13.1 Å². The molecule has 5 heteroatoms. The molecule has 108 valence electrons. The molecule has 0 bridgehead atoms. The smallest absolute Gasteiger partial charge is 0.256 e. The van der Waals surface area contributed by atoms with Crippen LogP contribution in [0.15, 0.2) is 18.2 Å². The van der Waals surface area contributed by atoms with Crippen molar-refractivity contribution in [3.8, 4) is 0 Å². The first-order valence-corrected chi connectivity index (χ1v) is 7.11. The lowest BCUT2D eigenvalue weighted by atomic mass is 9.92. The number of likely N-dealkylation sites (tertiary alicyclic amines) is 1. The van der Waals surface area contributed by atoms with E-state index < -0.39 is 17.5 Å². The maximum atomic E-state index is 13.7. The molecule has 2 aliphatic rings. The van der Waals surface area contributed by atoms with Crippen LogP contribution in [0.2, 0.25) is 0 Å². The fourth-order valence-electron chi connectivity index (χ4n) is 3.26. The van der Waals surface area contributed by atoms with Gasteiger partial charge in [0.15, 0.2) is 11.6 Å². The lowest BCUT2D eigenvalue weighted by Gasteiger charge is -2.21. The molecule has 2 fully saturated rings. The minimum atomic E-state index is -1.04. The van der Waals surface area contributed by atoms with Crippen molar-refractivity contribution in [2.45, 2.75) is 12.8 Å². The lowest BCUT2D eigenvalue weighted by Crippen LogP contribution is -2.33. The number of carbonyl (C=O) groups is 1. The van der Waals surface area contributed by atoms with Crippen LogP contribution in [0.5, 0.6) is 0 Å². The molecule has 1 amide bonds. The molecule has 0 aliphatic carbocycles. The van der Waals surface area contributed by atoms with E-state index in [0.717, 1.165) is 32.0 Å². The maximum absolute atomic E-state index is 13.7. The molecule has 0 saturated carbocycles. The van der Waals surface area contributed by atoms with Crippen molar-refractivity contribution < 1.29 is 13.6 Å². The molecule has 0 radical (unpaired) electrons. The number of hydrogen-bond donors (Lipinski definition) is 1. The van der Waals surface area contributed by atoms with Gasteiger partial charge in [0.2, 0.25) is 0 Å². The third-order valence-corrected chi connectivity index (χ3v) is 4.49. The van der Waals surface area contributed by atoms with Gasteiger partial charge in [-0.2, -0.15) is 0 Å². The Morgan fingerprint density at radius 1 is 1.15 bits per heavy atom. The molecule has 1 aromatic carbocycles. The third kappa shape index (κ3) is 2.42. The topological polar surface area (TPSA) is 32.3 Å². The van der Waals surface area contributed by atoms with E-state index in [-0.39, 0.29) is 5.56 Å². The molecular weight excluding hydrogens is 262 g/mol. The zero-order valence-electron chi connectivity index (χ0n) is 11.2.